The minimum Gasteiger partial charge on any atom is -0.339 e. The van der Waals surface area contributed by atoms with Crippen LogP contribution in [0.3, 0.4) is 0 Å². The van der Waals surface area contributed by atoms with Crippen LogP contribution in [0, 0.1) is 0 Å². The zero-order valence-corrected chi connectivity index (χ0v) is 11.9. The van der Waals surface area contributed by atoms with Gasteiger partial charge in [-0.15, -0.1) is 11.3 Å². The molecule has 100 valence electrons. The van der Waals surface area contributed by atoms with Crippen molar-refractivity contribution in [3.63, 3.8) is 0 Å². The van der Waals surface area contributed by atoms with Crippen LogP contribution in [-0.2, 0) is 11.3 Å². The van der Waals surface area contributed by atoms with Gasteiger partial charge in [0, 0.05) is 38.1 Å². The SMILES string of the molecule is CC(C(=O)N(C)Cc1cccs1)N1CCNCC1. The molecule has 1 aromatic heterocycles. The normalized spacial score (nSPS) is 18.6. The summed E-state index contributed by atoms with van der Waals surface area (Å²) in [5.41, 5.74) is 0. The molecule has 1 N–H and O–H groups in total. The highest BCUT2D eigenvalue weighted by Gasteiger charge is 2.25. The van der Waals surface area contributed by atoms with Crippen LogP contribution in [0.15, 0.2) is 17.5 Å². The maximum absolute atomic E-state index is 12.3. The Balaban J connectivity index is 1.88. The van der Waals surface area contributed by atoms with Crippen molar-refractivity contribution in [2.24, 2.45) is 0 Å². The molecule has 1 saturated heterocycles. The lowest BCUT2D eigenvalue weighted by Crippen LogP contribution is -2.52. The monoisotopic (exact) mass is 267 g/mol. The fourth-order valence-corrected chi connectivity index (χ4v) is 3.02. The molecule has 2 heterocycles. The molecule has 5 heteroatoms. The van der Waals surface area contributed by atoms with Gasteiger partial charge in [-0.3, -0.25) is 9.69 Å². The molecule has 0 spiro atoms. The van der Waals surface area contributed by atoms with Crippen molar-refractivity contribution < 1.29 is 4.79 Å². The molecule has 0 bridgehead atoms. The van der Waals surface area contributed by atoms with Crippen LogP contribution in [0.4, 0.5) is 0 Å². The first-order chi connectivity index (χ1) is 8.68. The first-order valence-corrected chi connectivity index (χ1v) is 7.28. The number of nitrogens with one attached hydrogen (secondary N) is 1. The molecular weight excluding hydrogens is 246 g/mol. The van der Waals surface area contributed by atoms with Gasteiger partial charge in [-0.1, -0.05) is 6.07 Å². The summed E-state index contributed by atoms with van der Waals surface area (Å²) in [6, 6.07) is 4.08. The van der Waals surface area contributed by atoms with E-state index in [1.807, 2.05) is 30.3 Å². The number of hydrogen-bond acceptors (Lipinski definition) is 4. The minimum absolute atomic E-state index is 0.0166. The molecule has 0 saturated carbocycles. The average molecular weight is 267 g/mol. The van der Waals surface area contributed by atoms with Gasteiger partial charge in [-0.05, 0) is 18.4 Å². The van der Waals surface area contributed by atoms with E-state index in [0.29, 0.717) is 6.54 Å². The molecule has 1 atom stereocenters. The van der Waals surface area contributed by atoms with Gasteiger partial charge < -0.3 is 10.2 Å². The number of amides is 1. The van der Waals surface area contributed by atoms with Crippen LogP contribution < -0.4 is 5.32 Å². The maximum atomic E-state index is 12.3. The summed E-state index contributed by atoms with van der Waals surface area (Å²) in [5, 5.41) is 5.36. The van der Waals surface area contributed by atoms with Crippen LogP contribution in [0.1, 0.15) is 11.8 Å². The van der Waals surface area contributed by atoms with Crippen molar-refractivity contribution in [2.45, 2.75) is 19.5 Å². The maximum Gasteiger partial charge on any atom is 0.239 e. The third kappa shape index (κ3) is 3.31. The highest BCUT2D eigenvalue weighted by molar-refractivity contribution is 7.09. The number of nitrogens with zero attached hydrogens (tertiary/aromatic N) is 2. The van der Waals surface area contributed by atoms with Gasteiger partial charge in [-0.25, -0.2) is 0 Å². The van der Waals surface area contributed by atoms with Crippen LogP contribution in [0.25, 0.3) is 0 Å². The molecule has 0 aliphatic carbocycles. The Kier molecular flexibility index (Phi) is 4.74. The van der Waals surface area contributed by atoms with Crippen molar-refractivity contribution in [2.75, 3.05) is 33.2 Å². The Bertz CT molecular complexity index is 374. The molecule has 1 aromatic rings. The molecule has 0 radical (unpaired) electrons. The number of carbonyl (C=O) groups excluding carboxylic acids is 1. The predicted molar refractivity (Wildman–Crippen MR) is 74.7 cm³/mol. The minimum atomic E-state index is -0.0166. The molecule has 2 rings (SSSR count). The van der Waals surface area contributed by atoms with E-state index >= 15 is 0 Å². The van der Waals surface area contributed by atoms with Gasteiger partial charge in [0.2, 0.25) is 5.91 Å². The summed E-state index contributed by atoms with van der Waals surface area (Å²) < 4.78 is 0. The van der Waals surface area contributed by atoms with Crippen molar-refractivity contribution in [3.8, 4) is 0 Å². The summed E-state index contributed by atoms with van der Waals surface area (Å²) in [5.74, 6) is 0.213. The summed E-state index contributed by atoms with van der Waals surface area (Å²) in [4.78, 5) is 17.7. The van der Waals surface area contributed by atoms with Crippen molar-refractivity contribution in [3.05, 3.63) is 22.4 Å². The Morgan fingerprint density at radius 2 is 2.28 bits per heavy atom. The average Bonchev–Trinajstić information content (AvgIpc) is 2.91. The van der Waals surface area contributed by atoms with E-state index in [4.69, 9.17) is 0 Å². The van der Waals surface area contributed by atoms with Crippen LogP contribution >= 0.6 is 11.3 Å². The predicted octanol–water partition coefficient (Wildman–Crippen LogP) is 1.00. The van der Waals surface area contributed by atoms with Gasteiger partial charge >= 0.3 is 0 Å². The Labute approximate surface area is 113 Å². The zero-order chi connectivity index (χ0) is 13.0. The van der Waals surface area contributed by atoms with E-state index in [2.05, 4.69) is 16.3 Å². The second-order valence-corrected chi connectivity index (χ2v) is 5.77. The van der Waals surface area contributed by atoms with Crippen LogP contribution in [-0.4, -0.2) is 55.0 Å². The van der Waals surface area contributed by atoms with E-state index in [-0.39, 0.29) is 11.9 Å². The molecule has 1 unspecified atom stereocenters. The summed E-state index contributed by atoms with van der Waals surface area (Å²) in [6.45, 7) is 6.60. The van der Waals surface area contributed by atoms with Crippen molar-refractivity contribution in [1.82, 2.24) is 15.1 Å². The summed E-state index contributed by atoms with van der Waals surface area (Å²) >= 11 is 1.70. The van der Waals surface area contributed by atoms with Crippen LogP contribution in [0.2, 0.25) is 0 Å². The van der Waals surface area contributed by atoms with Crippen molar-refractivity contribution in [1.29, 1.82) is 0 Å². The lowest BCUT2D eigenvalue weighted by atomic mass is 10.2. The fraction of sp³-hybridized carbons (Fsp3) is 0.615. The standard InChI is InChI=1S/C13H21N3OS/c1-11(16-7-5-14-6-8-16)13(17)15(2)10-12-4-3-9-18-12/h3-4,9,11,14H,5-8,10H2,1-2H3. The molecule has 1 amide bonds. The van der Waals surface area contributed by atoms with E-state index in [0.717, 1.165) is 26.2 Å². The van der Waals surface area contributed by atoms with E-state index < -0.39 is 0 Å². The number of carbonyl (C=O) groups is 1. The van der Waals surface area contributed by atoms with Gasteiger partial charge in [0.15, 0.2) is 0 Å². The third-order valence-electron chi connectivity index (χ3n) is 3.41. The van der Waals surface area contributed by atoms with Gasteiger partial charge in [0.05, 0.1) is 12.6 Å². The summed E-state index contributed by atoms with van der Waals surface area (Å²) in [6.07, 6.45) is 0. The smallest absolute Gasteiger partial charge is 0.239 e. The molecule has 0 aromatic carbocycles. The highest BCUT2D eigenvalue weighted by atomic mass is 32.1. The highest BCUT2D eigenvalue weighted by Crippen LogP contribution is 2.12. The van der Waals surface area contributed by atoms with Gasteiger partial charge in [0.1, 0.15) is 0 Å². The fourth-order valence-electron chi connectivity index (χ4n) is 2.26. The second-order valence-electron chi connectivity index (χ2n) is 4.74. The van der Waals surface area contributed by atoms with Gasteiger partial charge in [0.25, 0.3) is 0 Å². The number of thiophene rings is 1. The van der Waals surface area contributed by atoms with Crippen LogP contribution in [0.5, 0.6) is 0 Å². The Morgan fingerprint density at radius 3 is 2.89 bits per heavy atom. The first-order valence-electron chi connectivity index (χ1n) is 6.40. The molecule has 4 nitrogen and oxygen atoms in total. The van der Waals surface area contributed by atoms with E-state index in [1.165, 1.54) is 4.88 Å². The topological polar surface area (TPSA) is 35.6 Å². The Morgan fingerprint density at radius 1 is 1.56 bits per heavy atom. The molecule has 1 fully saturated rings. The lowest BCUT2D eigenvalue weighted by Gasteiger charge is -2.33. The third-order valence-corrected chi connectivity index (χ3v) is 4.27. The van der Waals surface area contributed by atoms with E-state index in [9.17, 15) is 4.79 Å². The number of rotatable bonds is 4. The first kappa shape index (κ1) is 13.5. The largest absolute Gasteiger partial charge is 0.339 e. The van der Waals surface area contributed by atoms with Crippen molar-refractivity contribution >= 4 is 17.2 Å². The zero-order valence-electron chi connectivity index (χ0n) is 11.1. The quantitative estimate of drug-likeness (QED) is 0.884. The molecular formula is C13H21N3OS. The lowest BCUT2D eigenvalue weighted by molar-refractivity contribution is -0.135. The Hall–Kier alpha value is -0.910. The number of likely N-dealkylation sites (N-methyl/N-ethyl adjacent to an activating group) is 1. The van der Waals surface area contributed by atoms with E-state index in [1.54, 1.807) is 11.3 Å². The number of hydrogen-bond donors (Lipinski definition) is 1. The summed E-state index contributed by atoms with van der Waals surface area (Å²) in [7, 11) is 1.89. The molecule has 1 aliphatic heterocycles. The molecule has 18 heavy (non-hydrogen) atoms. The second kappa shape index (κ2) is 6.31. The number of piperazine rings is 1. The van der Waals surface area contributed by atoms with Gasteiger partial charge in [-0.2, -0.15) is 0 Å². The molecule has 1 aliphatic rings.